The average Bonchev–Trinajstić information content (AvgIpc) is 2.74. The Morgan fingerprint density at radius 1 is 1.43 bits per heavy atom. The van der Waals surface area contributed by atoms with E-state index in [0.29, 0.717) is 17.3 Å². The van der Waals surface area contributed by atoms with Gasteiger partial charge in [-0.15, -0.1) is 0 Å². The number of hydrogen-bond donors (Lipinski definition) is 1. The van der Waals surface area contributed by atoms with Crippen molar-refractivity contribution >= 4 is 23.5 Å². The van der Waals surface area contributed by atoms with Crippen molar-refractivity contribution < 1.29 is 14.3 Å². The van der Waals surface area contributed by atoms with E-state index in [1.54, 1.807) is 12.1 Å². The number of nitrogens with one attached hydrogen (secondary N) is 1. The summed E-state index contributed by atoms with van der Waals surface area (Å²) < 4.78 is 5.39. The van der Waals surface area contributed by atoms with Crippen LogP contribution in [-0.4, -0.2) is 41.0 Å². The number of imide groups is 1. The van der Waals surface area contributed by atoms with Gasteiger partial charge in [-0.2, -0.15) is 0 Å². The summed E-state index contributed by atoms with van der Waals surface area (Å²) in [6, 6.07) is 2.55. The van der Waals surface area contributed by atoms with Crippen LogP contribution in [0.1, 0.15) is 26.2 Å². The van der Waals surface area contributed by atoms with Crippen LogP contribution in [0.25, 0.3) is 0 Å². The van der Waals surface area contributed by atoms with Crippen LogP contribution in [0.3, 0.4) is 0 Å². The Bertz CT molecular complexity index is 507. The van der Waals surface area contributed by atoms with Crippen LogP contribution in [0, 0.1) is 0 Å². The summed E-state index contributed by atoms with van der Waals surface area (Å²) in [6.45, 7) is 2.46. The number of amides is 3. The molecule has 0 saturated carbocycles. The van der Waals surface area contributed by atoms with Crippen LogP contribution in [0.2, 0.25) is 5.02 Å². The van der Waals surface area contributed by atoms with Gasteiger partial charge >= 0.3 is 6.03 Å². The summed E-state index contributed by atoms with van der Waals surface area (Å²) in [5, 5.41) is 3.22. The molecule has 0 bridgehead atoms. The molecule has 1 aliphatic rings. The molecule has 0 radical (unpaired) electrons. The van der Waals surface area contributed by atoms with E-state index in [0.717, 1.165) is 12.8 Å². The molecule has 1 aliphatic heterocycles. The second-order valence-corrected chi connectivity index (χ2v) is 5.23. The maximum absolute atomic E-state index is 12.1. The number of carbonyl (C=O) groups is 2. The van der Waals surface area contributed by atoms with E-state index in [1.807, 2.05) is 6.92 Å². The topological polar surface area (TPSA) is 71.5 Å². The second kappa shape index (κ2) is 7.26. The molecule has 1 saturated heterocycles. The summed E-state index contributed by atoms with van der Waals surface area (Å²) >= 11 is 5.72. The maximum atomic E-state index is 12.1. The number of halogens is 1. The maximum Gasteiger partial charge on any atom is 0.324 e. The van der Waals surface area contributed by atoms with Gasteiger partial charge < -0.3 is 10.1 Å². The Morgan fingerprint density at radius 2 is 2.24 bits per heavy atom. The van der Waals surface area contributed by atoms with E-state index in [4.69, 9.17) is 16.3 Å². The molecule has 2 rings (SSSR count). The van der Waals surface area contributed by atoms with E-state index < -0.39 is 6.04 Å². The molecule has 6 nitrogen and oxygen atoms in total. The van der Waals surface area contributed by atoms with Gasteiger partial charge in [-0.1, -0.05) is 31.4 Å². The highest BCUT2D eigenvalue weighted by molar-refractivity contribution is 6.30. The minimum absolute atomic E-state index is 0.180. The zero-order valence-corrected chi connectivity index (χ0v) is 12.6. The van der Waals surface area contributed by atoms with E-state index in [-0.39, 0.29) is 25.1 Å². The van der Waals surface area contributed by atoms with Gasteiger partial charge in [0.2, 0.25) is 5.88 Å². The van der Waals surface area contributed by atoms with Crippen molar-refractivity contribution in [3.05, 3.63) is 23.4 Å². The number of hydrogen-bond acceptors (Lipinski definition) is 4. The molecule has 1 fully saturated rings. The molecule has 1 atom stereocenters. The molecule has 1 aromatic heterocycles. The number of pyridine rings is 1. The molecule has 0 aliphatic carbocycles. The van der Waals surface area contributed by atoms with Crippen LogP contribution in [-0.2, 0) is 4.79 Å². The molecule has 114 valence electrons. The molecule has 0 spiro atoms. The van der Waals surface area contributed by atoms with Crippen LogP contribution >= 0.6 is 11.6 Å². The van der Waals surface area contributed by atoms with Crippen molar-refractivity contribution in [2.75, 3.05) is 13.2 Å². The number of carbonyl (C=O) groups excluding carboxylic acids is 2. The Morgan fingerprint density at radius 3 is 2.90 bits per heavy atom. The number of ether oxygens (including phenoxy) is 1. The molecule has 21 heavy (non-hydrogen) atoms. The van der Waals surface area contributed by atoms with E-state index in [1.165, 1.54) is 11.1 Å². The van der Waals surface area contributed by atoms with Crippen LogP contribution in [0.5, 0.6) is 5.88 Å². The molecule has 0 aromatic carbocycles. The molecule has 1 N–H and O–H groups in total. The first-order valence-corrected chi connectivity index (χ1v) is 7.36. The van der Waals surface area contributed by atoms with Crippen LogP contribution < -0.4 is 10.1 Å². The summed E-state index contributed by atoms with van der Waals surface area (Å²) in [6.07, 6.45) is 4.06. The highest BCUT2D eigenvalue weighted by Gasteiger charge is 2.36. The molecular formula is C14H18ClN3O3. The van der Waals surface area contributed by atoms with Crippen molar-refractivity contribution in [2.24, 2.45) is 0 Å². The van der Waals surface area contributed by atoms with Gasteiger partial charge in [-0.3, -0.25) is 9.69 Å². The van der Waals surface area contributed by atoms with Crippen molar-refractivity contribution in [2.45, 2.75) is 32.2 Å². The quantitative estimate of drug-likeness (QED) is 0.784. The Kier molecular flexibility index (Phi) is 5.38. The predicted octanol–water partition coefficient (Wildman–Crippen LogP) is 2.22. The third-order valence-electron chi connectivity index (χ3n) is 3.22. The summed E-state index contributed by atoms with van der Waals surface area (Å²) in [7, 11) is 0. The first-order chi connectivity index (χ1) is 10.1. The predicted molar refractivity (Wildman–Crippen MR) is 78.3 cm³/mol. The standard InChI is InChI=1S/C14H18ClN3O3/c1-2-3-4-11-13(19)18(14(20)17-11)7-8-21-12-6-5-10(15)9-16-12/h5-6,9,11H,2-4,7-8H2,1H3,(H,17,20). The van der Waals surface area contributed by atoms with Gasteiger partial charge in [0.15, 0.2) is 0 Å². The summed E-state index contributed by atoms with van der Waals surface area (Å²) in [4.78, 5) is 29.0. The number of rotatable bonds is 7. The van der Waals surface area contributed by atoms with Gasteiger partial charge in [-0.05, 0) is 12.5 Å². The second-order valence-electron chi connectivity index (χ2n) is 4.80. The minimum atomic E-state index is -0.397. The van der Waals surface area contributed by atoms with E-state index in [9.17, 15) is 9.59 Å². The van der Waals surface area contributed by atoms with Crippen molar-refractivity contribution in [3.63, 3.8) is 0 Å². The van der Waals surface area contributed by atoms with Gasteiger partial charge in [0, 0.05) is 12.3 Å². The molecule has 1 unspecified atom stereocenters. The molecule has 2 heterocycles. The fourth-order valence-electron chi connectivity index (χ4n) is 2.08. The largest absolute Gasteiger partial charge is 0.476 e. The van der Waals surface area contributed by atoms with Gasteiger partial charge in [0.25, 0.3) is 5.91 Å². The third kappa shape index (κ3) is 4.07. The molecular weight excluding hydrogens is 294 g/mol. The SMILES string of the molecule is CCCCC1NC(=O)N(CCOc2ccc(Cl)cn2)C1=O. The zero-order chi connectivity index (χ0) is 15.2. The Balaban J connectivity index is 1.81. The van der Waals surface area contributed by atoms with Gasteiger partial charge in [0.05, 0.1) is 11.6 Å². The number of nitrogens with zero attached hydrogens (tertiary/aromatic N) is 2. The normalized spacial score (nSPS) is 18.0. The van der Waals surface area contributed by atoms with Crippen LogP contribution in [0.4, 0.5) is 4.79 Å². The smallest absolute Gasteiger partial charge is 0.324 e. The average molecular weight is 312 g/mol. The van der Waals surface area contributed by atoms with Crippen LogP contribution in [0.15, 0.2) is 18.3 Å². The molecule has 7 heteroatoms. The highest BCUT2D eigenvalue weighted by atomic mass is 35.5. The van der Waals surface area contributed by atoms with Gasteiger partial charge in [0.1, 0.15) is 12.6 Å². The lowest BCUT2D eigenvalue weighted by molar-refractivity contribution is -0.127. The summed E-state index contributed by atoms with van der Waals surface area (Å²) in [5.41, 5.74) is 0. The van der Waals surface area contributed by atoms with E-state index >= 15 is 0 Å². The minimum Gasteiger partial charge on any atom is -0.476 e. The van der Waals surface area contributed by atoms with Crippen molar-refractivity contribution in [3.8, 4) is 5.88 Å². The number of urea groups is 1. The zero-order valence-electron chi connectivity index (χ0n) is 11.8. The Labute approximate surface area is 128 Å². The Hall–Kier alpha value is -1.82. The number of unbranched alkanes of at least 4 members (excludes halogenated alkanes) is 1. The van der Waals surface area contributed by atoms with Crippen molar-refractivity contribution in [1.29, 1.82) is 0 Å². The fourth-order valence-corrected chi connectivity index (χ4v) is 2.19. The monoisotopic (exact) mass is 311 g/mol. The van der Waals surface area contributed by atoms with Crippen molar-refractivity contribution in [1.82, 2.24) is 15.2 Å². The molecule has 1 aromatic rings. The summed E-state index contributed by atoms with van der Waals surface area (Å²) in [5.74, 6) is 0.232. The first-order valence-electron chi connectivity index (χ1n) is 6.98. The lowest BCUT2D eigenvalue weighted by Crippen LogP contribution is -2.35. The number of aromatic nitrogens is 1. The molecule has 3 amide bonds. The van der Waals surface area contributed by atoms with Gasteiger partial charge in [-0.25, -0.2) is 9.78 Å². The fraction of sp³-hybridized carbons (Fsp3) is 0.500. The first kappa shape index (κ1) is 15.6. The van der Waals surface area contributed by atoms with E-state index in [2.05, 4.69) is 10.3 Å². The lowest BCUT2D eigenvalue weighted by atomic mass is 10.1. The lowest BCUT2D eigenvalue weighted by Gasteiger charge is -2.13. The third-order valence-corrected chi connectivity index (χ3v) is 3.44. The highest BCUT2D eigenvalue weighted by Crippen LogP contribution is 2.13.